The number of aryl methyl sites for hydroxylation is 1. The first kappa shape index (κ1) is 14.5. The Labute approximate surface area is 122 Å². The molecule has 0 atom stereocenters. The summed E-state index contributed by atoms with van der Waals surface area (Å²) in [5.74, 6) is 1.02. The van der Waals surface area contributed by atoms with E-state index in [2.05, 4.69) is 25.9 Å². The summed E-state index contributed by atoms with van der Waals surface area (Å²) >= 11 is 0. The zero-order chi connectivity index (χ0) is 15.2. The molecule has 0 unspecified atom stereocenters. The van der Waals surface area contributed by atoms with Crippen molar-refractivity contribution < 1.29 is 4.74 Å². The average Bonchev–Trinajstić information content (AvgIpc) is 2.96. The Balaban J connectivity index is 2.21. The third kappa shape index (κ3) is 3.79. The minimum atomic E-state index is 0.102. The zero-order valence-electron chi connectivity index (χ0n) is 12.1. The van der Waals surface area contributed by atoms with Crippen LogP contribution in [0.25, 0.3) is 5.57 Å². The van der Waals surface area contributed by atoms with Crippen LogP contribution in [0.15, 0.2) is 24.4 Å². The van der Waals surface area contributed by atoms with Crippen LogP contribution in [0.4, 0.5) is 5.69 Å². The number of allylic oxidation sites excluding steroid dienone is 1. The van der Waals surface area contributed by atoms with E-state index in [1.165, 1.54) is 0 Å². The van der Waals surface area contributed by atoms with Crippen LogP contribution in [0, 0.1) is 18.3 Å². The van der Waals surface area contributed by atoms with Crippen LogP contribution in [0.5, 0.6) is 5.75 Å². The highest BCUT2D eigenvalue weighted by molar-refractivity contribution is 5.74. The summed E-state index contributed by atoms with van der Waals surface area (Å²) in [6.45, 7) is 5.91. The summed E-state index contributed by atoms with van der Waals surface area (Å²) in [4.78, 5) is 0. The highest BCUT2D eigenvalue weighted by Crippen LogP contribution is 2.23. The minimum absolute atomic E-state index is 0.102. The fourth-order valence-electron chi connectivity index (χ4n) is 1.67. The number of hydrogen-bond acceptors (Lipinski definition) is 6. The van der Waals surface area contributed by atoms with Crippen LogP contribution in [-0.4, -0.2) is 26.7 Å². The van der Waals surface area contributed by atoms with Crippen LogP contribution < -0.4 is 10.1 Å². The van der Waals surface area contributed by atoms with Crippen molar-refractivity contribution in [1.29, 1.82) is 5.26 Å². The molecule has 0 saturated carbocycles. The van der Waals surface area contributed by atoms with Gasteiger partial charge in [-0.2, -0.15) is 10.5 Å². The maximum atomic E-state index is 9.11. The van der Waals surface area contributed by atoms with E-state index in [4.69, 9.17) is 10.00 Å². The first-order chi connectivity index (χ1) is 10.1. The molecule has 2 aromatic rings. The molecule has 0 aliphatic rings. The van der Waals surface area contributed by atoms with E-state index in [1.54, 1.807) is 6.20 Å². The normalized spacial score (nSPS) is 11.3. The van der Waals surface area contributed by atoms with Crippen molar-refractivity contribution >= 4 is 11.3 Å². The molecule has 7 heteroatoms. The number of H-pyrrole nitrogens is 1. The van der Waals surface area contributed by atoms with E-state index in [0.717, 1.165) is 17.0 Å². The zero-order valence-corrected chi connectivity index (χ0v) is 12.1. The van der Waals surface area contributed by atoms with Gasteiger partial charge in [0.2, 0.25) is 5.82 Å². The monoisotopic (exact) mass is 284 g/mol. The predicted molar refractivity (Wildman–Crippen MR) is 78.3 cm³/mol. The Bertz CT molecular complexity index is 669. The first-order valence-corrected chi connectivity index (χ1v) is 6.48. The van der Waals surface area contributed by atoms with Crippen LogP contribution in [0.2, 0.25) is 0 Å². The number of hydrogen-bond donors (Lipinski definition) is 2. The van der Waals surface area contributed by atoms with Crippen LogP contribution >= 0.6 is 0 Å². The number of rotatable bonds is 5. The lowest BCUT2D eigenvalue weighted by Gasteiger charge is -2.12. The van der Waals surface area contributed by atoms with Gasteiger partial charge in [-0.25, -0.2) is 0 Å². The Hall–Kier alpha value is -2.88. The third-order valence-electron chi connectivity index (χ3n) is 2.66. The molecule has 2 rings (SSSR count). The van der Waals surface area contributed by atoms with Gasteiger partial charge in [0.05, 0.1) is 6.10 Å². The standard InChI is InChI=1S/C14H16N6O/c1-9(2)21-12-5-4-10(3)13(6-12)16-8-11(7-15)14-17-19-20-18-14/h4-6,8-9,16H,1-3H3,(H,17,18,19,20). The SMILES string of the molecule is Cc1ccc(OC(C)C)cc1NC=C(C#N)c1nn[nH]n1. The number of nitrogens with zero attached hydrogens (tertiary/aromatic N) is 4. The molecule has 0 radical (unpaired) electrons. The number of nitriles is 1. The van der Waals surface area contributed by atoms with Crippen molar-refractivity contribution in [2.24, 2.45) is 0 Å². The van der Waals surface area contributed by atoms with Gasteiger partial charge < -0.3 is 10.1 Å². The van der Waals surface area contributed by atoms with E-state index in [9.17, 15) is 0 Å². The van der Waals surface area contributed by atoms with Crippen LogP contribution in [-0.2, 0) is 0 Å². The Kier molecular flexibility index (Phi) is 4.51. The van der Waals surface area contributed by atoms with Crippen molar-refractivity contribution in [2.75, 3.05) is 5.32 Å². The van der Waals surface area contributed by atoms with Crippen molar-refractivity contribution in [3.63, 3.8) is 0 Å². The summed E-state index contributed by atoms with van der Waals surface area (Å²) < 4.78 is 5.65. The molecule has 0 spiro atoms. The lowest BCUT2D eigenvalue weighted by atomic mass is 10.2. The molecule has 1 heterocycles. The maximum absolute atomic E-state index is 9.11. The smallest absolute Gasteiger partial charge is 0.216 e. The lowest BCUT2D eigenvalue weighted by molar-refractivity contribution is 0.242. The van der Waals surface area contributed by atoms with Crippen molar-refractivity contribution in [1.82, 2.24) is 20.6 Å². The van der Waals surface area contributed by atoms with Gasteiger partial charge in [0, 0.05) is 18.0 Å². The number of aromatic amines is 1. The van der Waals surface area contributed by atoms with Crippen molar-refractivity contribution in [3.05, 3.63) is 35.8 Å². The molecular formula is C14H16N6O. The quantitative estimate of drug-likeness (QED) is 0.817. The second kappa shape index (κ2) is 6.52. The third-order valence-corrected chi connectivity index (χ3v) is 2.66. The molecule has 21 heavy (non-hydrogen) atoms. The Morgan fingerprint density at radius 1 is 1.48 bits per heavy atom. The molecule has 0 amide bonds. The number of tetrazole rings is 1. The molecule has 1 aromatic carbocycles. The van der Waals surface area contributed by atoms with Gasteiger partial charge in [-0.3, -0.25) is 0 Å². The highest BCUT2D eigenvalue weighted by Gasteiger charge is 2.07. The molecule has 2 N–H and O–H groups in total. The highest BCUT2D eigenvalue weighted by atomic mass is 16.5. The van der Waals surface area contributed by atoms with Gasteiger partial charge >= 0.3 is 0 Å². The number of ether oxygens (including phenoxy) is 1. The molecule has 0 aliphatic heterocycles. The fraction of sp³-hybridized carbons (Fsp3) is 0.286. The number of benzene rings is 1. The second-order valence-electron chi connectivity index (χ2n) is 4.69. The van der Waals surface area contributed by atoms with Gasteiger partial charge in [0.15, 0.2) is 0 Å². The van der Waals surface area contributed by atoms with E-state index >= 15 is 0 Å². The molecular weight excluding hydrogens is 268 g/mol. The summed E-state index contributed by atoms with van der Waals surface area (Å²) in [5, 5.41) is 25.5. The van der Waals surface area contributed by atoms with E-state index in [1.807, 2.05) is 45.0 Å². The molecule has 0 aliphatic carbocycles. The second-order valence-corrected chi connectivity index (χ2v) is 4.69. The lowest BCUT2D eigenvalue weighted by Crippen LogP contribution is -2.06. The molecule has 7 nitrogen and oxygen atoms in total. The predicted octanol–water partition coefficient (Wildman–Crippen LogP) is 2.27. The average molecular weight is 284 g/mol. The van der Waals surface area contributed by atoms with Gasteiger partial charge in [-0.15, -0.1) is 10.2 Å². The Morgan fingerprint density at radius 2 is 2.29 bits per heavy atom. The molecule has 108 valence electrons. The molecule has 0 bridgehead atoms. The Morgan fingerprint density at radius 3 is 2.90 bits per heavy atom. The van der Waals surface area contributed by atoms with Gasteiger partial charge in [0.25, 0.3) is 0 Å². The summed E-state index contributed by atoms with van der Waals surface area (Å²) in [5.41, 5.74) is 2.18. The number of nitrogens with one attached hydrogen (secondary N) is 2. The summed E-state index contributed by atoms with van der Waals surface area (Å²) in [6, 6.07) is 7.77. The molecule has 0 fully saturated rings. The van der Waals surface area contributed by atoms with E-state index < -0.39 is 0 Å². The number of aromatic nitrogens is 4. The summed E-state index contributed by atoms with van der Waals surface area (Å²) in [7, 11) is 0. The van der Waals surface area contributed by atoms with E-state index in [-0.39, 0.29) is 11.9 Å². The fourth-order valence-corrected chi connectivity index (χ4v) is 1.67. The maximum Gasteiger partial charge on any atom is 0.216 e. The first-order valence-electron chi connectivity index (χ1n) is 6.48. The summed E-state index contributed by atoms with van der Waals surface area (Å²) in [6.07, 6.45) is 1.65. The molecule has 0 saturated heterocycles. The van der Waals surface area contributed by atoms with Gasteiger partial charge in [0.1, 0.15) is 17.4 Å². The van der Waals surface area contributed by atoms with Gasteiger partial charge in [-0.05, 0) is 37.6 Å². The number of anilines is 1. The van der Waals surface area contributed by atoms with Crippen LogP contribution in [0.1, 0.15) is 25.2 Å². The van der Waals surface area contributed by atoms with Gasteiger partial charge in [-0.1, -0.05) is 6.07 Å². The van der Waals surface area contributed by atoms with Crippen molar-refractivity contribution in [2.45, 2.75) is 26.9 Å². The van der Waals surface area contributed by atoms with Crippen LogP contribution in [0.3, 0.4) is 0 Å². The van der Waals surface area contributed by atoms with Crippen molar-refractivity contribution in [3.8, 4) is 11.8 Å². The minimum Gasteiger partial charge on any atom is -0.491 e. The topological polar surface area (TPSA) is 99.5 Å². The largest absolute Gasteiger partial charge is 0.491 e. The van der Waals surface area contributed by atoms with E-state index in [0.29, 0.717) is 5.57 Å². The molecule has 1 aromatic heterocycles.